The highest BCUT2D eigenvalue weighted by Crippen LogP contribution is 2.28. The van der Waals surface area contributed by atoms with Gasteiger partial charge in [-0.3, -0.25) is 9.79 Å². The number of aromatic nitrogens is 1. The lowest BCUT2D eigenvalue weighted by Gasteiger charge is -2.21. The van der Waals surface area contributed by atoms with E-state index in [9.17, 15) is 4.79 Å². The first kappa shape index (κ1) is 13.6. The lowest BCUT2D eigenvalue weighted by molar-refractivity contribution is -0.120. The minimum absolute atomic E-state index is 0.0205. The predicted molar refractivity (Wildman–Crippen MR) is 87.3 cm³/mol. The van der Waals surface area contributed by atoms with Crippen molar-refractivity contribution in [2.24, 2.45) is 4.99 Å². The number of thioether (sulfide) groups is 1. The Kier molecular flexibility index (Phi) is 3.49. The Morgan fingerprint density at radius 1 is 1.41 bits per heavy atom. The zero-order valence-corrected chi connectivity index (χ0v) is 12.8. The van der Waals surface area contributed by atoms with E-state index in [1.54, 1.807) is 11.8 Å². The molecule has 114 valence electrons. The van der Waals surface area contributed by atoms with Crippen molar-refractivity contribution < 1.29 is 9.21 Å². The molecule has 6 nitrogen and oxygen atoms in total. The van der Waals surface area contributed by atoms with Gasteiger partial charge in [0.15, 0.2) is 10.8 Å². The van der Waals surface area contributed by atoms with Crippen LogP contribution in [-0.4, -0.2) is 40.9 Å². The van der Waals surface area contributed by atoms with Crippen LogP contribution in [0.1, 0.15) is 12.8 Å². The Hall–Kier alpha value is -2.02. The predicted octanol–water partition coefficient (Wildman–Crippen LogP) is 2.02. The summed E-state index contributed by atoms with van der Waals surface area (Å²) in [5, 5.41) is 3.65. The van der Waals surface area contributed by atoms with Gasteiger partial charge in [0.05, 0.1) is 6.54 Å². The summed E-state index contributed by atoms with van der Waals surface area (Å²) in [5.41, 5.74) is 1.57. The van der Waals surface area contributed by atoms with Gasteiger partial charge in [0.25, 0.3) is 6.01 Å². The van der Waals surface area contributed by atoms with Crippen LogP contribution in [0.4, 0.5) is 6.01 Å². The molecule has 0 spiro atoms. The van der Waals surface area contributed by atoms with Crippen molar-refractivity contribution in [2.75, 3.05) is 23.7 Å². The van der Waals surface area contributed by atoms with Crippen LogP contribution in [0.15, 0.2) is 33.7 Å². The molecule has 1 saturated heterocycles. The topological polar surface area (TPSA) is 70.7 Å². The molecule has 2 aliphatic heterocycles. The van der Waals surface area contributed by atoms with Gasteiger partial charge in [-0.1, -0.05) is 23.9 Å². The number of fused-ring (bicyclic) bond motifs is 1. The van der Waals surface area contributed by atoms with Crippen LogP contribution in [0.3, 0.4) is 0 Å². The molecule has 4 rings (SSSR count). The zero-order chi connectivity index (χ0) is 14.9. The highest BCUT2D eigenvalue weighted by molar-refractivity contribution is 8.14. The van der Waals surface area contributed by atoms with Crippen LogP contribution in [0.2, 0.25) is 0 Å². The standard InChI is InChI=1S/C15H16N4O2S/c20-13(18-14-16-7-9-22-14)11-5-3-8-19(11)15-17-10-4-1-2-6-12(10)21-15/h1-2,4,6,11H,3,5,7-9H2,(H,16,18,20)/t11-/m1/s1. The van der Waals surface area contributed by atoms with Gasteiger partial charge in [-0.15, -0.1) is 0 Å². The lowest BCUT2D eigenvalue weighted by Crippen LogP contribution is -2.44. The van der Waals surface area contributed by atoms with E-state index in [2.05, 4.69) is 15.3 Å². The number of rotatable bonds is 2. The fourth-order valence-corrected chi connectivity index (χ4v) is 3.58. The molecular formula is C15H16N4O2S. The second-order valence-electron chi connectivity index (χ2n) is 5.34. The van der Waals surface area contributed by atoms with E-state index in [0.717, 1.165) is 48.0 Å². The summed E-state index contributed by atoms with van der Waals surface area (Å²) in [6.45, 7) is 1.56. The fourth-order valence-electron chi connectivity index (χ4n) is 2.85. The van der Waals surface area contributed by atoms with Crippen molar-refractivity contribution in [2.45, 2.75) is 18.9 Å². The van der Waals surface area contributed by atoms with Gasteiger partial charge in [0.1, 0.15) is 11.6 Å². The summed E-state index contributed by atoms with van der Waals surface area (Å²) in [6, 6.07) is 7.94. The van der Waals surface area contributed by atoms with Gasteiger partial charge >= 0.3 is 0 Å². The molecule has 1 N–H and O–H groups in total. The summed E-state index contributed by atoms with van der Waals surface area (Å²) in [4.78, 5) is 23.2. The average Bonchev–Trinajstić information content (AvgIpc) is 3.26. The van der Waals surface area contributed by atoms with E-state index >= 15 is 0 Å². The Morgan fingerprint density at radius 3 is 3.14 bits per heavy atom. The van der Waals surface area contributed by atoms with Gasteiger partial charge in [-0.25, -0.2) is 0 Å². The van der Waals surface area contributed by atoms with Gasteiger partial charge in [-0.05, 0) is 25.0 Å². The number of para-hydroxylation sites is 2. The van der Waals surface area contributed by atoms with Crippen LogP contribution < -0.4 is 10.2 Å². The maximum absolute atomic E-state index is 12.5. The van der Waals surface area contributed by atoms with Crippen molar-refractivity contribution >= 4 is 40.0 Å². The molecule has 1 fully saturated rings. The van der Waals surface area contributed by atoms with Crippen LogP contribution in [0, 0.1) is 0 Å². The van der Waals surface area contributed by atoms with E-state index < -0.39 is 0 Å². The first-order valence-electron chi connectivity index (χ1n) is 7.41. The number of hydrogen-bond acceptors (Lipinski definition) is 6. The summed E-state index contributed by atoms with van der Waals surface area (Å²) in [5.74, 6) is 0.919. The number of amides is 1. The fraction of sp³-hybridized carbons (Fsp3) is 0.400. The monoisotopic (exact) mass is 316 g/mol. The normalized spacial score (nSPS) is 21.4. The summed E-state index contributed by atoms with van der Waals surface area (Å²) >= 11 is 1.59. The smallest absolute Gasteiger partial charge is 0.299 e. The largest absolute Gasteiger partial charge is 0.423 e. The number of carbonyl (C=O) groups is 1. The summed E-state index contributed by atoms with van der Waals surface area (Å²) in [6.07, 6.45) is 1.76. The highest BCUT2D eigenvalue weighted by atomic mass is 32.2. The number of amidine groups is 1. The van der Waals surface area contributed by atoms with Crippen LogP contribution in [0.25, 0.3) is 11.1 Å². The Bertz CT molecular complexity index is 709. The Morgan fingerprint density at radius 2 is 2.32 bits per heavy atom. The molecule has 0 saturated carbocycles. The molecule has 2 aliphatic rings. The molecule has 1 aromatic heterocycles. The van der Waals surface area contributed by atoms with Crippen molar-refractivity contribution in [1.29, 1.82) is 0 Å². The molecule has 0 radical (unpaired) electrons. The molecule has 2 aromatic rings. The molecular weight excluding hydrogens is 300 g/mol. The zero-order valence-electron chi connectivity index (χ0n) is 12.0. The van der Waals surface area contributed by atoms with E-state index in [-0.39, 0.29) is 11.9 Å². The van der Waals surface area contributed by atoms with Gasteiger partial charge in [0, 0.05) is 12.3 Å². The Labute approximate surface area is 132 Å². The number of benzene rings is 1. The lowest BCUT2D eigenvalue weighted by atomic mass is 10.2. The SMILES string of the molecule is O=C(NC1=NCCS1)[C@H]1CCCN1c1nc2ccccc2o1. The molecule has 22 heavy (non-hydrogen) atoms. The number of anilines is 1. The van der Waals surface area contributed by atoms with E-state index in [1.165, 1.54) is 0 Å². The first-order valence-corrected chi connectivity index (χ1v) is 8.40. The van der Waals surface area contributed by atoms with Crippen LogP contribution in [-0.2, 0) is 4.79 Å². The Balaban J connectivity index is 1.56. The van der Waals surface area contributed by atoms with Gasteiger partial charge < -0.3 is 14.6 Å². The molecule has 1 atom stereocenters. The molecule has 0 bridgehead atoms. The first-order chi connectivity index (χ1) is 10.8. The molecule has 3 heterocycles. The number of hydrogen-bond donors (Lipinski definition) is 1. The third-order valence-corrected chi connectivity index (χ3v) is 4.79. The quantitative estimate of drug-likeness (QED) is 0.918. The number of nitrogens with one attached hydrogen (secondary N) is 1. The van der Waals surface area contributed by atoms with E-state index in [4.69, 9.17) is 4.42 Å². The molecule has 1 aromatic carbocycles. The maximum atomic E-state index is 12.5. The number of nitrogens with zero attached hydrogens (tertiary/aromatic N) is 3. The number of carbonyl (C=O) groups excluding carboxylic acids is 1. The molecule has 0 aliphatic carbocycles. The van der Waals surface area contributed by atoms with Gasteiger partial charge in [-0.2, -0.15) is 4.98 Å². The molecule has 7 heteroatoms. The van der Waals surface area contributed by atoms with E-state index in [0.29, 0.717) is 6.01 Å². The van der Waals surface area contributed by atoms with Crippen LogP contribution in [0.5, 0.6) is 0 Å². The highest BCUT2D eigenvalue weighted by Gasteiger charge is 2.34. The van der Waals surface area contributed by atoms with Crippen molar-refractivity contribution in [3.63, 3.8) is 0 Å². The average molecular weight is 316 g/mol. The number of oxazole rings is 1. The molecule has 1 amide bonds. The maximum Gasteiger partial charge on any atom is 0.299 e. The number of aliphatic imine (C=N–C) groups is 1. The molecule has 0 unspecified atom stereocenters. The van der Waals surface area contributed by atoms with Gasteiger partial charge in [0.2, 0.25) is 5.91 Å². The third kappa shape index (κ3) is 2.45. The summed E-state index contributed by atoms with van der Waals surface area (Å²) in [7, 11) is 0. The third-order valence-electron chi connectivity index (χ3n) is 3.90. The second-order valence-corrected chi connectivity index (χ2v) is 6.42. The summed E-state index contributed by atoms with van der Waals surface area (Å²) < 4.78 is 5.80. The van der Waals surface area contributed by atoms with Crippen molar-refractivity contribution in [3.05, 3.63) is 24.3 Å². The second kappa shape index (κ2) is 5.64. The minimum Gasteiger partial charge on any atom is -0.423 e. The van der Waals surface area contributed by atoms with Crippen molar-refractivity contribution in [1.82, 2.24) is 10.3 Å². The minimum atomic E-state index is -0.239. The van der Waals surface area contributed by atoms with Crippen LogP contribution >= 0.6 is 11.8 Å². The van der Waals surface area contributed by atoms with E-state index in [1.807, 2.05) is 29.2 Å². The van der Waals surface area contributed by atoms with Crippen molar-refractivity contribution in [3.8, 4) is 0 Å².